The van der Waals surface area contributed by atoms with Crippen LogP contribution in [0.5, 0.6) is 0 Å². The van der Waals surface area contributed by atoms with Gasteiger partial charge in [0, 0.05) is 6.07 Å². The van der Waals surface area contributed by atoms with Gasteiger partial charge in [0.25, 0.3) is 5.69 Å². The molecule has 6 heteroatoms. The fourth-order valence-corrected chi connectivity index (χ4v) is 1.58. The fraction of sp³-hybridized carbons (Fsp3) is 0.222. The Balaban J connectivity index is 3.41. The second kappa shape index (κ2) is 4.72. The minimum Gasteiger partial charge on any atom is -0.293 e. The molecule has 0 atom stereocenters. The predicted octanol–water partition coefficient (Wildman–Crippen LogP) is 3.13. The summed E-state index contributed by atoms with van der Waals surface area (Å²) in [7, 11) is 0. The number of halogens is 2. The molecule has 0 heterocycles. The Labute approximate surface area is 99.5 Å². The fourth-order valence-electron chi connectivity index (χ4n) is 1.12. The Morgan fingerprint density at radius 3 is 2.67 bits per heavy atom. The summed E-state index contributed by atoms with van der Waals surface area (Å²) < 4.78 is 0. The summed E-state index contributed by atoms with van der Waals surface area (Å²) in [5, 5.41) is 11.0. The highest BCUT2D eigenvalue weighted by molar-refractivity contribution is 9.09. The van der Waals surface area contributed by atoms with Crippen molar-refractivity contribution in [1.82, 2.24) is 0 Å². The highest BCUT2D eigenvalue weighted by Crippen LogP contribution is 2.27. The zero-order valence-electron chi connectivity index (χ0n) is 7.79. The minimum absolute atomic E-state index is 0.0505. The van der Waals surface area contributed by atoms with Crippen molar-refractivity contribution < 1.29 is 9.72 Å². The van der Waals surface area contributed by atoms with Gasteiger partial charge in [-0.15, -0.1) is 0 Å². The number of nitro benzene ring substituents is 1. The molecule has 0 fully saturated rings. The molecule has 1 rings (SSSR count). The van der Waals surface area contributed by atoms with Crippen molar-refractivity contribution in [3.63, 3.8) is 0 Å². The molecule has 0 aliphatic rings. The van der Waals surface area contributed by atoms with E-state index in [1.54, 1.807) is 6.92 Å². The molecule has 0 radical (unpaired) electrons. The van der Waals surface area contributed by atoms with Gasteiger partial charge in [-0.25, -0.2) is 0 Å². The number of alkyl halides is 1. The van der Waals surface area contributed by atoms with Crippen molar-refractivity contribution in [2.24, 2.45) is 0 Å². The van der Waals surface area contributed by atoms with E-state index < -0.39 is 4.92 Å². The molecule has 0 amide bonds. The first-order valence-electron chi connectivity index (χ1n) is 4.01. The minimum atomic E-state index is -0.610. The van der Waals surface area contributed by atoms with Crippen LogP contribution in [0.4, 0.5) is 5.69 Å². The number of benzene rings is 1. The molecule has 4 nitrogen and oxygen atoms in total. The summed E-state index contributed by atoms with van der Waals surface area (Å²) in [6, 6.07) is 2.64. The number of nitrogens with zero attached hydrogens (tertiary/aromatic N) is 1. The molecule has 0 aromatic heterocycles. The Kier molecular flexibility index (Phi) is 3.82. The van der Waals surface area contributed by atoms with Crippen LogP contribution >= 0.6 is 27.5 Å². The lowest BCUT2D eigenvalue weighted by atomic mass is 10.1. The molecule has 0 N–H and O–H groups in total. The number of hydrogen-bond donors (Lipinski definition) is 0. The van der Waals surface area contributed by atoms with Gasteiger partial charge in [-0.1, -0.05) is 27.5 Å². The van der Waals surface area contributed by atoms with Crippen LogP contribution in [0.25, 0.3) is 0 Å². The first-order chi connectivity index (χ1) is 6.97. The third kappa shape index (κ3) is 2.54. The van der Waals surface area contributed by atoms with Gasteiger partial charge in [0.1, 0.15) is 0 Å². The molecule has 0 unspecified atom stereocenters. The van der Waals surface area contributed by atoms with Crippen molar-refractivity contribution in [3.8, 4) is 0 Å². The van der Waals surface area contributed by atoms with Crippen LogP contribution in [-0.4, -0.2) is 16.0 Å². The molecule has 0 spiro atoms. The topological polar surface area (TPSA) is 60.2 Å². The van der Waals surface area contributed by atoms with Crippen LogP contribution < -0.4 is 0 Å². The van der Waals surface area contributed by atoms with Crippen LogP contribution in [0.1, 0.15) is 15.9 Å². The van der Waals surface area contributed by atoms with Gasteiger partial charge in [-0.05, 0) is 18.6 Å². The third-order valence-electron chi connectivity index (χ3n) is 1.90. The van der Waals surface area contributed by atoms with E-state index in [0.717, 1.165) is 0 Å². The molecule has 1 aromatic carbocycles. The van der Waals surface area contributed by atoms with Crippen molar-refractivity contribution in [2.45, 2.75) is 6.92 Å². The molecule has 80 valence electrons. The van der Waals surface area contributed by atoms with Gasteiger partial charge in [0.2, 0.25) is 0 Å². The molecular weight excluding hydrogens is 285 g/mol. The second-order valence-electron chi connectivity index (χ2n) is 2.93. The highest BCUT2D eigenvalue weighted by Gasteiger charge is 2.20. The van der Waals surface area contributed by atoms with Crippen LogP contribution in [0.15, 0.2) is 12.1 Å². The molecular formula is C9H7BrClNO3. The quantitative estimate of drug-likeness (QED) is 0.372. The van der Waals surface area contributed by atoms with Crippen molar-refractivity contribution in [1.29, 1.82) is 0 Å². The number of hydrogen-bond acceptors (Lipinski definition) is 3. The first kappa shape index (κ1) is 12.1. The van der Waals surface area contributed by atoms with E-state index in [2.05, 4.69) is 15.9 Å². The molecule has 0 aliphatic heterocycles. The molecule has 0 bridgehead atoms. The highest BCUT2D eigenvalue weighted by atomic mass is 79.9. The van der Waals surface area contributed by atoms with E-state index in [9.17, 15) is 14.9 Å². The summed E-state index contributed by atoms with van der Waals surface area (Å²) in [6.45, 7) is 1.69. The van der Waals surface area contributed by atoms with Crippen molar-refractivity contribution in [2.75, 3.05) is 5.33 Å². The summed E-state index contributed by atoms with van der Waals surface area (Å²) in [4.78, 5) is 21.5. The molecule has 0 saturated carbocycles. The number of nitro groups is 1. The molecule has 0 saturated heterocycles. The average Bonchev–Trinajstić information content (AvgIpc) is 2.20. The van der Waals surface area contributed by atoms with Gasteiger partial charge in [-0.3, -0.25) is 14.9 Å². The zero-order chi connectivity index (χ0) is 11.6. The smallest absolute Gasteiger partial charge is 0.281 e. The van der Waals surface area contributed by atoms with E-state index in [0.29, 0.717) is 5.56 Å². The number of carbonyl (C=O) groups excluding carboxylic acids is 1. The van der Waals surface area contributed by atoms with Crippen molar-refractivity contribution in [3.05, 3.63) is 38.4 Å². The largest absolute Gasteiger partial charge is 0.293 e. The SMILES string of the molecule is Cc1cc(C(=O)CBr)c([N+](=O)[O-])cc1Cl. The van der Waals surface area contributed by atoms with E-state index in [1.165, 1.54) is 12.1 Å². The van der Waals surface area contributed by atoms with Crippen LogP contribution in [0, 0.1) is 17.0 Å². The van der Waals surface area contributed by atoms with Gasteiger partial charge >= 0.3 is 0 Å². The number of Topliss-reactive ketones (excluding diaryl/α,β-unsaturated/α-hetero) is 1. The summed E-state index contributed by atoms with van der Waals surface area (Å²) in [5.41, 5.74) is 0.473. The lowest BCUT2D eigenvalue weighted by Gasteiger charge is -2.03. The third-order valence-corrected chi connectivity index (χ3v) is 2.81. The molecule has 15 heavy (non-hydrogen) atoms. The Morgan fingerprint density at radius 2 is 2.20 bits per heavy atom. The Hall–Kier alpha value is -0.940. The zero-order valence-corrected chi connectivity index (χ0v) is 10.1. The lowest BCUT2D eigenvalue weighted by Crippen LogP contribution is -2.05. The van der Waals surface area contributed by atoms with Crippen LogP contribution in [-0.2, 0) is 0 Å². The normalized spacial score (nSPS) is 10.1. The van der Waals surface area contributed by atoms with E-state index >= 15 is 0 Å². The van der Waals surface area contributed by atoms with Crippen molar-refractivity contribution >= 4 is 39.0 Å². The maximum absolute atomic E-state index is 11.4. The van der Waals surface area contributed by atoms with Gasteiger partial charge in [0.05, 0.1) is 20.8 Å². The Bertz CT molecular complexity index is 434. The summed E-state index contributed by atoms with van der Waals surface area (Å²) in [6.07, 6.45) is 0. The maximum atomic E-state index is 11.4. The van der Waals surface area contributed by atoms with Gasteiger partial charge in [-0.2, -0.15) is 0 Å². The number of carbonyl (C=O) groups is 1. The summed E-state index contributed by atoms with van der Waals surface area (Å²) in [5.74, 6) is -0.332. The predicted molar refractivity (Wildman–Crippen MR) is 61.0 cm³/mol. The van der Waals surface area contributed by atoms with E-state index in [-0.39, 0.29) is 27.4 Å². The van der Waals surface area contributed by atoms with E-state index in [4.69, 9.17) is 11.6 Å². The summed E-state index contributed by atoms with van der Waals surface area (Å²) >= 11 is 8.72. The van der Waals surface area contributed by atoms with Crippen LogP contribution in [0.2, 0.25) is 5.02 Å². The molecule has 0 aliphatic carbocycles. The monoisotopic (exact) mass is 291 g/mol. The van der Waals surface area contributed by atoms with Crippen LogP contribution in [0.3, 0.4) is 0 Å². The first-order valence-corrected chi connectivity index (χ1v) is 5.51. The van der Waals surface area contributed by atoms with Gasteiger partial charge < -0.3 is 0 Å². The number of aryl methyl sites for hydroxylation is 1. The average molecular weight is 293 g/mol. The standard InChI is InChI=1S/C9H7BrClNO3/c1-5-2-6(9(13)4-10)8(12(14)15)3-7(5)11/h2-3H,4H2,1H3. The molecule has 1 aromatic rings. The lowest BCUT2D eigenvalue weighted by molar-refractivity contribution is -0.385. The number of rotatable bonds is 3. The second-order valence-corrected chi connectivity index (χ2v) is 3.90. The maximum Gasteiger partial charge on any atom is 0.281 e. The Morgan fingerprint density at radius 1 is 1.60 bits per heavy atom. The number of ketones is 1. The van der Waals surface area contributed by atoms with E-state index in [1.807, 2.05) is 0 Å². The van der Waals surface area contributed by atoms with Gasteiger partial charge in [0.15, 0.2) is 5.78 Å².